The fraction of sp³-hybridized carbons (Fsp3) is 0.222. The van der Waals surface area contributed by atoms with Gasteiger partial charge in [-0.1, -0.05) is 18.2 Å². The summed E-state index contributed by atoms with van der Waals surface area (Å²) in [5.41, 5.74) is 2.72. The molecule has 0 bridgehead atoms. The number of nitrogens with one attached hydrogen (secondary N) is 1. The number of nitrogens with zero attached hydrogens (tertiary/aromatic N) is 2. The lowest BCUT2D eigenvalue weighted by Crippen LogP contribution is -2.05. The Labute approximate surface area is 128 Å². The molecule has 2 aromatic carbocycles. The fourth-order valence-corrected chi connectivity index (χ4v) is 2.55. The van der Waals surface area contributed by atoms with Crippen molar-refractivity contribution in [3.8, 4) is 17.1 Å². The zero-order valence-electron chi connectivity index (χ0n) is 12.4. The lowest BCUT2D eigenvalue weighted by molar-refractivity contribution is 0.477. The van der Waals surface area contributed by atoms with Gasteiger partial charge in [0.25, 0.3) is 0 Å². The number of aryl methyl sites for hydroxylation is 1. The van der Waals surface area contributed by atoms with Crippen molar-refractivity contribution in [3.05, 3.63) is 48.0 Å². The average molecular weight is 291 g/mol. The van der Waals surface area contributed by atoms with Crippen molar-refractivity contribution in [2.24, 2.45) is 0 Å². The maximum absolute atomic E-state index is 10.1. The topological polar surface area (TPSA) is 58.0 Å². The van der Waals surface area contributed by atoms with Crippen LogP contribution in [0.4, 0.5) is 5.82 Å². The van der Waals surface area contributed by atoms with Gasteiger partial charge in [-0.15, -0.1) is 0 Å². The van der Waals surface area contributed by atoms with Crippen molar-refractivity contribution in [1.82, 2.24) is 9.97 Å². The number of anilines is 1. The molecule has 0 unspecified atom stereocenters. The van der Waals surface area contributed by atoms with Crippen LogP contribution < -0.4 is 5.32 Å². The summed E-state index contributed by atoms with van der Waals surface area (Å²) in [5.74, 6) is 1.61. The molecule has 1 fully saturated rings. The van der Waals surface area contributed by atoms with E-state index in [0.29, 0.717) is 17.4 Å². The number of hydrogen-bond acceptors (Lipinski definition) is 4. The van der Waals surface area contributed by atoms with Crippen molar-refractivity contribution < 1.29 is 5.11 Å². The van der Waals surface area contributed by atoms with E-state index >= 15 is 0 Å². The molecule has 0 radical (unpaired) electrons. The second-order valence-electron chi connectivity index (χ2n) is 5.85. The minimum absolute atomic E-state index is 0.201. The summed E-state index contributed by atoms with van der Waals surface area (Å²) in [7, 11) is 0. The van der Waals surface area contributed by atoms with Crippen molar-refractivity contribution in [3.63, 3.8) is 0 Å². The van der Waals surface area contributed by atoms with E-state index < -0.39 is 0 Å². The molecule has 110 valence electrons. The number of phenols is 1. The van der Waals surface area contributed by atoms with Crippen molar-refractivity contribution in [2.45, 2.75) is 25.8 Å². The predicted molar refractivity (Wildman–Crippen MR) is 88.0 cm³/mol. The molecule has 0 amide bonds. The van der Waals surface area contributed by atoms with Gasteiger partial charge >= 0.3 is 0 Å². The zero-order valence-corrected chi connectivity index (χ0v) is 12.4. The summed E-state index contributed by atoms with van der Waals surface area (Å²) in [4.78, 5) is 9.30. The van der Waals surface area contributed by atoms with Crippen LogP contribution in [0.15, 0.2) is 42.5 Å². The van der Waals surface area contributed by atoms with Gasteiger partial charge < -0.3 is 10.4 Å². The number of benzene rings is 2. The van der Waals surface area contributed by atoms with E-state index in [2.05, 4.69) is 40.4 Å². The van der Waals surface area contributed by atoms with E-state index in [9.17, 15) is 5.11 Å². The van der Waals surface area contributed by atoms with Crippen molar-refractivity contribution in [1.29, 1.82) is 0 Å². The van der Waals surface area contributed by atoms with Crippen LogP contribution in [-0.2, 0) is 0 Å². The van der Waals surface area contributed by atoms with Gasteiger partial charge in [0, 0.05) is 11.4 Å². The first kappa shape index (κ1) is 13.1. The first-order valence-corrected chi connectivity index (χ1v) is 7.54. The standard InChI is InChI=1S/C18H17N3O/c1-11-6-9-13-15(10-11)20-18(14-4-2-3-5-16(14)22)21-17(13)19-12-7-8-12/h2-6,9-10,12,22H,7-8H2,1H3,(H,19,20,21). The zero-order chi connectivity index (χ0) is 15.1. The van der Waals surface area contributed by atoms with Gasteiger partial charge in [0.1, 0.15) is 11.6 Å². The molecule has 3 aromatic rings. The van der Waals surface area contributed by atoms with E-state index in [1.807, 2.05) is 12.1 Å². The number of aromatic hydroxyl groups is 1. The van der Waals surface area contributed by atoms with Crippen LogP contribution >= 0.6 is 0 Å². The second kappa shape index (κ2) is 4.98. The maximum atomic E-state index is 10.1. The van der Waals surface area contributed by atoms with Gasteiger partial charge in [0.2, 0.25) is 0 Å². The molecule has 4 heteroatoms. The number of aromatic nitrogens is 2. The summed E-state index contributed by atoms with van der Waals surface area (Å²) in [6, 6.07) is 13.9. The van der Waals surface area contributed by atoms with E-state index in [1.165, 1.54) is 12.8 Å². The summed E-state index contributed by atoms with van der Waals surface area (Å²) in [6.45, 7) is 2.05. The first-order valence-electron chi connectivity index (χ1n) is 7.54. The Hall–Kier alpha value is -2.62. The van der Waals surface area contributed by atoms with Crippen LogP contribution in [0.1, 0.15) is 18.4 Å². The van der Waals surface area contributed by atoms with E-state index in [-0.39, 0.29) is 5.75 Å². The highest BCUT2D eigenvalue weighted by Crippen LogP contribution is 2.32. The molecule has 0 aliphatic heterocycles. The maximum Gasteiger partial charge on any atom is 0.165 e. The third-order valence-corrected chi connectivity index (χ3v) is 3.92. The van der Waals surface area contributed by atoms with Gasteiger partial charge in [-0.2, -0.15) is 0 Å². The monoisotopic (exact) mass is 291 g/mol. The molecule has 22 heavy (non-hydrogen) atoms. The molecular formula is C18H17N3O. The normalized spacial score (nSPS) is 14.2. The highest BCUT2D eigenvalue weighted by atomic mass is 16.3. The Bertz CT molecular complexity index is 856. The van der Waals surface area contributed by atoms with Crippen LogP contribution in [0, 0.1) is 6.92 Å². The van der Waals surface area contributed by atoms with Crippen molar-refractivity contribution >= 4 is 16.7 Å². The van der Waals surface area contributed by atoms with Crippen LogP contribution in [-0.4, -0.2) is 21.1 Å². The lowest BCUT2D eigenvalue weighted by Gasteiger charge is -2.11. The first-order chi connectivity index (χ1) is 10.7. The molecule has 1 aliphatic carbocycles. The highest BCUT2D eigenvalue weighted by molar-refractivity contribution is 5.91. The molecule has 0 spiro atoms. The SMILES string of the molecule is Cc1ccc2c(NC3CC3)nc(-c3ccccc3O)nc2c1. The highest BCUT2D eigenvalue weighted by Gasteiger charge is 2.23. The van der Waals surface area contributed by atoms with Crippen molar-refractivity contribution in [2.75, 3.05) is 5.32 Å². The Balaban J connectivity index is 1.93. The Morgan fingerprint density at radius 1 is 1.09 bits per heavy atom. The Morgan fingerprint density at radius 3 is 2.68 bits per heavy atom. The van der Waals surface area contributed by atoms with Crippen LogP contribution in [0.3, 0.4) is 0 Å². The molecule has 1 saturated carbocycles. The van der Waals surface area contributed by atoms with Gasteiger partial charge in [-0.05, 0) is 49.6 Å². The average Bonchev–Trinajstić information content (AvgIpc) is 3.31. The van der Waals surface area contributed by atoms with Crippen LogP contribution in [0.2, 0.25) is 0 Å². The molecule has 1 aliphatic rings. The fourth-order valence-electron chi connectivity index (χ4n) is 2.55. The van der Waals surface area contributed by atoms with Crippen LogP contribution in [0.25, 0.3) is 22.3 Å². The number of hydrogen-bond donors (Lipinski definition) is 2. The number of phenolic OH excluding ortho intramolecular Hbond substituents is 1. The molecule has 4 rings (SSSR count). The third-order valence-electron chi connectivity index (χ3n) is 3.92. The lowest BCUT2D eigenvalue weighted by atomic mass is 10.1. The molecule has 0 atom stereocenters. The predicted octanol–water partition coefficient (Wildman–Crippen LogP) is 3.89. The molecule has 1 heterocycles. The van der Waals surface area contributed by atoms with E-state index in [0.717, 1.165) is 22.3 Å². The molecule has 2 N–H and O–H groups in total. The largest absolute Gasteiger partial charge is 0.507 e. The minimum Gasteiger partial charge on any atom is -0.507 e. The molecule has 1 aromatic heterocycles. The van der Waals surface area contributed by atoms with E-state index in [4.69, 9.17) is 0 Å². The van der Waals surface area contributed by atoms with Gasteiger partial charge in [0.15, 0.2) is 5.82 Å². The summed E-state index contributed by atoms with van der Waals surface area (Å²) >= 11 is 0. The number of fused-ring (bicyclic) bond motifs is 1. The molecular weight excluding hydrogens is 274 g/mol. The second-order valence-corrected chi connectivity index (χ2v) is 5.85. The summed E-state index contributed by atoms with van der Waals surface area (Å²) in [6.07, 6.45) is 2.37. The number of para-hydroxylation sites is 1. The van der Waals surface area contributed by atoms with Crippen LogP contribution in [0.5, 0.6) is 5.75 Å². The third kappa shape index (κ3) is 2.37. The quantitative estimate of drug-likeness (QED) is 0.768. The van der Waals surface area contributed by atoms with E-state index in [1.54, 1.807) is 12.1 Å². The summed E-state index contributed by atoms with van der Waals surface area (Å²) in [5, 5.41) is 14.6. The van der Waals surface area contributed by atoms with Gasteiger partial charge in [0.05, 0.1) is 11.1 Å². The molecule has 0 saturated heterocycles. The molecule has 4 nitrogen and oxygen atoms in total. The smallest absolute Gasteiger partial charge is 0.165 e. The van der Waals surface area contributed by atoms with Gasteiger partial charge in [-0.3, -0.25) is 0 Å². The summed E-state index contributed by atoms with van der Waals surface area (Å²) < 4.78 is 0. The van der Waals surface area contributed by atoms with Gasteiger partial charge in [-0.25, -0.2) is 9.97 Å². The minimum atomic E-state index is 0.201. The Kier molecular flexibility index (Phi) is 2.96. The number of rotatable bonds is 3. The Morgan fingerprint density at radius 2 is 1.91 bits per heavy atom.